The van der Waals surface area contributed by atoms with Gasteiger partial charge in [0.2, 0.25) is 5.91 Å². The first kappa shape index (κ1) is 22.5. The van der Waals surface area contributed by atoms with Gasteiger partial charge in [0.25, 0.3) is 5.56 Å². The molecule has 0 aliphatic heterocycles. The van der Waals surface area contributed by atoms with E-state index in [1.165, 1.54) is 45.1 Å². The SMILES string of the molecule is Cc1ccc(-c2csc3ncn(CCC(=O)Nc4ccc(F)c(-n5nnnc5C)c4)c(=O)c23)cc1. The van der Waals surface area contributed by atoms with Crippen molar-refractivity contribution < 1.29 is 9.18 Å². The summed E-state index contributed by atoms with van der Waals surface area (Å²) >= 11 is 1.41. The molecule has 0 atom stereocenters. The molecule has 0 aliphatic rings. The van der Waals surface area contributed by atoms with Crippen molar-refractivity contribution in [3.8, 4) is 16.8 Å². The number of nitrogens with zero attached hydrogens (tertiary/aromatic N) is 6. The second-order valence-electron chi connectivity index (χ2n) is 8.04. The third-order valence-corrected chi connectivity index (χ3v) is 6.47. The van der Waals surface area contributed by atoms with Crippen molar-refractivity contribution in [3.05, 3.63) is 81.7 Å². The average molecular weight is 490 g/mol. The first-order valence-electron chi connectivity index (χ1n) is 10.8. The zero-order chi connectivity index (χ0) is 24.5. The van der Waals surface area contributed by atoms with Crippen molar-refractivity contribution in [2.75, 3.05) is 5.32 Å². The highest BCUT2D eigenvalue weighted by atomic mass is 32.1. The van der Waals surface area contributed by atoms with Crippen LogP contribution in [-0.4, -0.2) is 35.7 Å². The van der Waals surface area contributed by atoms with E-state index in [1.807, 2.05) is 36.6 Å². The van der Waals surface area contributed by atoms with Crippen LogP contribution in [0.1, 0.15) is 17.8 Å². The lowest BCUT2D eigenvalue weighted by Gasteiger charge is -2.10. The molecule has 0 unspecified atom stereocenters. The number of hydrogen-bond donors (Lipinski definition) is 1. The molecule has 0 fully saturated rings. The molecule has 35 heavy (non-hydrogen) atoms. The number of fused-ring (bicyclic) bond motifs is 1. The van der Waals surface area contributed by atoms with Crippen molar-refractivity contribution in [3.63, 3.8) is 0 Å². The van der Waals surface area contributed by atoms with Crippen LogP contribution in [0.3, 0.4) is 0 Å². The summed E-state index contributed by atoms with van der Waals surface area (Å²) in [6, 6.07) is 12.1. The first-order valence-corrected chi connectivity index (χ1v) is 11.7. The molecule has 5 aromatic rings. The van der Waals surface area contributed by atoms with Crippen LogP contribution < -0.4 is 10.9 Å². The number of amides is 1. The predicted octanol–water partition coefficient (Wildman–Crippen LogP) is 3.89. The van der Waals surface area contributed by atoms with Gasteiger partial charge in [0.15, 0.2) is 5.82 Å². The molecule has 1 amide bonds. The summed E-state index contributed by atoms with van der Waals surface area (Å²) in [6.45, 7) is 3.80. The second kappa shape index (κ2) is 9.18. The van der Waals surface area contributed by atoms with E-state index in [4.69, 9.17) is 0 Å². The first-order chi connectivity index (χ1) is 16.9. The zero-order valence-electron chi connectivity index (χ0n) is 18.9. The molecule has 0 saturated carbocycles. The van der Waals surface area contributed by atoms with Crippen LogP contribution in [0.25, 0.3) is 27.0 Å². The lowest BCUT2D eigenvalue weighted by Crippen LogP contribution is -2.23. The van der Waals surface area contributed by atoms with Gasteiger partial charge in [-0.1, -0.05) is 29.8 Å². The zero-order valence-corrected chi connectivity index (χ0v) is 19.7. The fraction of sp³-hybridized carbons (Fsp3) is 0.167. The number of hydrogen-bond acceptors (Lipinski definition) is 7. The fourth-order valence-electron chi connectivity index (χ4n) is 3.72. The molecule has 0 spiro atoms. The molecule has 3 heterocycles. The van der Waals surface area contributed by atoms with Gasteiger partial charge in [0.05, 0.1) is 11.7 Å². The quantitative estimate of drug-likeness (QED) is 0.388. The summed E-state index contributed by atoms with van der Waals surface area (Å²) in [4.78, 5) is 30.9. The van der Waals surface area contributed by atoms with Crippen LogP contribution in [0.4, 0.5) is 10.1 Å². The van der Waals surface area contributed by atoms with Gasteiger partial charge in [-0.3, -0.25) is 14.2 Å². The van der Waals surface area contributed by atoms with Gasteiger partial charge < -0.3 is 5.32 Å². The van der Waals surface area contributed by atoms with Crippen LogP contribution in [0.2, 0.25) is 0 Å². The summed E-state index contributed by atoms with van der Waals surface area (Å²) in [7, 11) is 0. The van der Waals surface area contributed by atoms with Crippen molar-refractivity contribution in [1.29, 1.82) is 0 Å². The number of nitrogens with one attached hydrogen (secondary N) is 1. The topological polar surface area (TPSA) is 108 Å². The fourth-order valence-corrected chi connectivity index (χ4v) is 4.63. The van der Waals surface area contributed by atoms with Crippen molar-refractivity contribution in [2.24, 2.45) is 0 Å². The molecule has 3 aromatic heterocycles. The molecule has 9 nitrogen and oxygen atoms in total. The summed E-state index contributed by atoms with van der Waals surface area (Å²) < 4.78 is 17.0. The van der Waals surface area contributed by atoms with E-state index in [-0.39, 0.29) is 30.1 Å². The maximum Gasteiger partial charge on any atom is 0.262 e. The maximum absolute atomic E-state index is 14.3. The Hall–Kier alpha value is -4.25. The number of anilines is 1. The van der Waals surface area contributed by atoms with E-state index in [2.05, 4.69) is 25.8 Å². The van der Waals surface area contributed by atoms with Crippen LogP contribution in [0, 0.1) is 19.7 Å². The number of carbonyl (C=O) groups is 1. The highest BCUT2D eigenvalue weighted by molar-refractivity contribution is 7.17. The minimum atomic E-state index is -0.524. The predicted molar refractivity (Wildman–Crippen MR) is 131 cm³/mol. The average Bonchev–Trinajstić information content (AvgIpc) is 3.47. The molecule has 0 aliphatic carbocycles. The summed E-state index contributed by atoms with van der Waals surface area (Å²) in [5.74, 6) is -0.440. The maximum atomic E-state index is 14.3. The van der Waals surface area contributed by atoms with E-state index in [0.29, 0.717) is 21.7 Å². The van der Waals surface area contributed by atoms with Crippen molar-refractivity contribution in [2.45, 2.75) is 26.8 Å². The molecular formula is C24H20FN7O2S. The molecule has 2 aromatic carbocycles. The normalized spacial score (nSPS) is 11.2. The van der Waals surface area contributed by atoms with Crippen LogP contribution in [0.5, 0.6) is 0 Å². The van der Waals surface area contributed by atoms with E-state index in [1.54, 1.807) is 6.92 Å². The highest BCUT2D eigenvalue weighted by Crippen LogP contribution is 2.30. The van der Waals surface area contributed by atoms with Crippen LogP contribution in [0.15, 0.2) is 59.0 Å². The molecule has 0 radical (unpaired) electrons. The number of thiophene rings is 1. The summed E-state index contributed by atoms with van der Waals surface area (Å²) in [5.41, 5.74) is 3.23. The number of halogens is 1. The van der Waals surface area contributed by atoms with Crippen LogP contribution in [-0.2, 0) is 11.3 Å². The highest BCUT2D eigenvalue weighted by Gasteiger charge is 2.15. The molecule has 11 heteroatoms. The van der Waals surface area contributed by atoms with Crippen molar-refractivity contribution >= 4 is 33.1 Å². The van der Waals surface area contributed by atoms with E-state index in [0.717, 1.165) is 16.7 Å². The van der Waals surface area contributed by atoms with Gasteiger partial charge in [0.1, 0.15) is 16.3 Å². The monoisotopic (exact) mass is 489 g/mol. The summed E-state index contributed by atoms with van der Waals surface area (Å²) in [6.07, 6.45) is 1.50. The number of benzene rings is 2. The van der Waals surface area contributed by atoms with E-state index >= 15 is 0 Å². The van der Waals surface area contributed by atoms with Gasteiger partial charge in [-0.15, -0.1) is 16.4 Å². The van der Waals surface area contributed by atoms with E-state index in [9.17, 15) is 14.0 Å². The Kier molecular flexibility index (Phi) is 5.91. The van der Waals surface area contributed by atoms with Crippen molar-refractivity contribution in [1.82, 2.24) is 29.8 Å². The minimum Gasteiger partial charge on any atom is -0.326 e. The van der Waals surface area contributed by atoms with E-state index < -0.39 is 5.82 Å². The largest absolute Gasteiger partial charge is 0.326 e. The Morgan fingerprint density at radius 1 is 1.14 bits per heavy atom. The molecule has 0 bridgehead atoms. The van der Waals surface area contributed by atoms with Gasteiger partial charge in [0, 0.05) is 29.6 Å². The summed E-state index contributed by atoms with van der Waals surface area (Å²) in [5, 5.41) is 16.2. The van der Waals surface area contributed by atoms with Gasteiger partial charge >= 0.3 is 0 Å². The van der Waals surface area contributed by atoms with Gasteiger partial charge in [-0.2, -0.15) is 4.68 Å². The molecule has 5 rings (SSSR count). The Labute approximate surface area is 202 Å². The Balaban J connectivity index is 1.34. The Morgan fingerprint density at radius 2 is 1.94 bits per heavy atom. The smallest absolute Gasteiger partial charge is 0.262 e. The Bertz CT molecular complexity index is 1600. The molecule has 176 valence electrons. The van der Waals surface area contributed by atoms with Gasteiger partial charge in [-0.25, -0.2) is 9.37 Å². The molecule has 1 N–H and O–H groups in total. The number of aromatic nitrogens is 6. The number of carbonyl (C=O) groups excluding carboxylic acids is 1. The molecular weight excluding hydrogens is 469 g/mol. The molecule has 0 saturated heterocycles. The third-order valence-electron chi connectivity index (χ3n) is 5.59. The number of rotatable bonds is 6. The number of tetrazole rings is 1. The minimum absolute atomic E-state index is 0.0354. The Morgan fingerprint density at radius 3 is 2.69 bits per heavy atom. The standard InChI is InChI=1S/C24H20FN7O2S/c1-14-3-5-16(6-4-14)18-12-35-23-22(18)24(34)31(13-26-23)10-9-21(33)27-17-7-8-19(25)20(11-17)32-15(2)28-29-30-32/h3-8,11-13H,9-10H2,1-2H3,(H,27,33). The van der Waals surface area contributed by atoms with Crippen LogP contribution >= 0.6 is 11.3 Å². The lowest BCUT2D eigenvalue weighted by atomic mass is 10.1. The third kappa shape index (κ3) is 4.45. The number of aryl methyl sites for hydroxylation is 3. The lowest BCUT2D eigenvalue weighted by molar-refractivity contribution is -0.116. The van der Waals surface area contributed by atoms with Gasteiger partial charge in [-0.05, 0) is 48.0 Å². The second-order valence-corrected chi connectivity index (χ2v) is 8.90.